The molecule has 0 saturated carbocycles. The zero-order chi connectivity index (χ0) is 8.53. The highest BCUT2D eigenvalue weighted by Gasteiger charge is 2.04. The molecule has 11 heavy (non-hydrogen) atoms. The van der Waals surface area contributed by atoms with Gasteiger partial charge >= 0.3 is 0 Å². The molecule has 0 amide bonds. The van der Waals surface area contributed by atoms with Crippen LogP contribution < -0.4 is 0 Å². The van der Waals surface area contributed by atoms with Crippen LogP contribution in [0.25, 0.3) is 0 Å². The predicted octanol–water partition coefficient (Wildman–Crippen LogP) is 3.73. The van der Waals surface area contributed by atoms with Crippen molar-refractivity contribution in [3.63, 3.8) is 0 Å². The molecule has 0 aliphatic rings. The zero-order valence-electron chi connectivity index (χ0n) is 7.48. The van der Waals surface area contributed by atoms with Crippen molar-refractivity contribution in [3.8, 4) is 0 Å². The molecule has 0 aromatic rings. The Labute approximate surface area is 69.5 Å². The lowest BCUT2D eigenvalue weighted by atomic mass is 9.96. The number of rotatable bonds is 7. The number of halogens is 1. The molecule has 0 aromatic carbocycles. The van der Waals surface area contributed by atoms with Gasteiger partial charge < -0.3 is 0 Å². The second kappa shape index (κ2) is 7.77. The second-order valence-electron chi connectivity index (χ2n) is 3.01. The van der Waals surface area contributed by atoms with Gasteiger partial charge in [0.05, 0.1) is 6.67 Å². The van der Waals surface area contributed by atoms with Crippen LogP contribution in [0.3, 0.4) is 0 Å². The summed E-state index contributed by atoms with van der Waals surface area (Å²) in [5.41, 5.74) is 0. The van der Waals surface area contributed by atoms with Crippen LogP contribution in [0.15, 0.2) is 12.7 Å². The number of unbranched alkanes of at least 4 members (excludes halogenated alkanes) is 1. The van der Waals surface area contributed by atoms with E-state index in [0.717, 1.165) is 12.8 Å². The van der Waals surface area contributed by atoms with Crippen molar-refractivity contribution in [2.24, 2.45) is 5.92 Å². The monoisotopic (exact) mass is 158 g/mol. The highest BCUT2D eigenvalue weighted by atomic mass is 19.1. The van der Waals surface area contributed by atoms with Crippen molar-refractivity contribution in [3.05, 3.63) is 12.7 Å². The van der Waals surface area contributed by atoms with E-state index in [0.29, 0.717) is 12.3 Å². The highest BCUT2D eigenvalue weighted by molar-refractivity contribution is 4.72. The van der Waals surface area contributed by atoms with Gasteiger partial charge in [-0.25, -0.2) is 0 Å². The summed E-state index contributed by atoms with van der Waals surface area (Å²) in [6.07, 6.45) is 7.18. The Morgan fingerprint density at radius 1 is 1.45 bits per heavy atom. The minimum Gasteiger partial charge on any atom is -0.251 e. The fourth-order valence-electron chi connectivity index (χ4n) is 1.26. The van der Waals surface area contributed by atoms with Crippen LogP contribution in [0, 0.1) is 5.92 Å². The quantitative estimate of drug-likeness (QED) is 0.495. The second-order valence-corrected chi connectivity index (χ2v) is 3.01. The van der Waals surface area contributed by atoms with Gasteiger partial charge in [-0.05, 0) is 18.8 Å². The maximum atomic E-state index is 12.0. The topological polar surface area (TPSA) is 0 Å². The summed E-state index contributed by atoms with van der Waals surface area (Å²) in [6.45, 7) is 5.66. The molecule has 0 spiro atoms. The maximum absolute atomic E-state index is 12.0. The maximum Gasteiger partial charge on any atom is 0.0897 e. The van der Waals surface area contributed by atoms with E-state index in [1.165, 1.54) is 12.8 Å². The van der Waals surface area contributed by atoms with Crippen molar-refractivity contribution in [2.75, 3.05) is 6.67 Å². The molecule has 0 rings (SSSR count). The van der Waals surface area contributed by atoms with Gasteiger partial charge in [0.25, 0.3) is 0 Å². The SMILES string of the molecule is C=CCC(CCF)CCCC. The normalized spacial score (nSPS) is 12.9. The van der Waals surface area contributed by atoms with E-state index < -0.39 is 0 Å². The Morgan fingerprint density at radius 2 is 2.18 bits per heavy atom. The zero-order valence-corrected chi connectivity index (χ0v) is 7.48. The molecule has 0 radical (unpaired) electrons. The number of allylic oxidation sites excluding steroid dienone is 1. The van der Waals surface area contributed by atoms with Crippen molar-refractivity contribution in [1.82, 2.24) is 0 Å². The Hall–Kier alpha value is -0.330. The largest absolute Gasteiger partial charge is 0.251 e. The molecule has 0 aliphatic carbocycles. The molecule has 1 atom stereocenters. The third-order valence-corrected chi connectivity index (χ3v) is 1.98. The minimum absolute atomic E-state index is 0.178. The highest BCUT2D eigenvalue weighted by Crippen LogP contribution is 2.17. The Bertz CT molecular complexity index is 88.9. The van der Waals surface area contributed by atoms with Gasteiger partial charge in [-0.15, -0.1) is 6.58 Å². The van der Waals surface area contributed by atoms with Gasteiger partial charge in [0, 0.05) is 0 Å². The van der Waals surface area contributed by atoms with Gasteiger partial charge in [0.15, 0.2) is 0 Å². The molecule has 0 nitrogen and oxygen atoms in total. The number of hydrogen-bond acceptors (Lipinski definition) is 0. The first kappa shape index (κ1) is 10.7. The molecule has 0 aliphatic heterocycles. The fraction of sp³-hybridized carbons (Fsp3) is 0.800. The molecule has 0 bridgehead atoms. The van der Waals surface area contributed by atoms with E-state index in [1.807, 2.05) is 6.08 Å². The smallest absolute Gasteiger partial charge is 0.0897 e. The van der Waals surface area contributed by atoms with Crippen molar-refractivity contribution < 1.29 is 4.39 Å². The summed E-state index contributed by atoms with van der Waals surface area (Å²) < 4.78 is 12.0. The molecule has 1 heteroatoms. The Balaban J connectivity index is 3.41. The lowest BCUT2D eigenvalue weighted by Gasteiger charge is -2.11. The van der Waals surface area contributed by atoms with Crippen LogP contribution in [0.1, 0.15) is 39.0 Å². The molecule has 0 aromatic heterocycles. The molecule has 1 unspecified atom stereocenters. The van der Waals surface area contributed by atoms with Gasteiger partial charge in [0.1, 0.15) is 0 Å². The average molecular weight is 158 g/mol. The first-order valence-corrected chi connectivity index (χ1v) is 4.52. The summed E-state index contributed by atoms with van der Waals surface area (Å²) in [6, 6.07) is 0. The van der Waals surface area contributed by atoms with Crippen LogP contribution in [0.4, 0.5) is 4.39 Å². The molecule has 0 N–H and O–H groups in total. The average Bonchev–Trinajstić information content (AvgIpc) is 2.01. The molecule has 0 fully saturated rings. The predicted molar refractivity (Wildman–Crippen MR) is 48.4 cm³/mol. The van der Waals surface area contributed by atoms with Gasteiger partial charge in [-0.2, -0.15) is 0 Å². The summed E-state index contributed by atoms with van der Waals surface area (Å²) in [5, 5.41) is 0. The summed E-state index contributed by atoms with van der Waals surface area (Å²) >= 11 is 0. The summed E-state index contributed by atoms with van der Waals surface area (Å²) in [5.74, 6) is 0.539. The Kier molecular flexibility index (Phi) is 7.54. The van der Waals surface area contributed by atoms with Crippen molar-refractivity contribution >= 4 is 0 Å². The first-order chi connectivity index (χ1) is 5.35. The lowest BCUT2D eigenvalue weighted by molar-refractivity contribution is 0.364. The van der Waals surface area contributed by atoms with Gasteiger partial charge in [0.2, 0.25) is 0 Å². The van der Waals surface area contributed by atoms with E-state index in [-0.39, 0.29) is 6.67 Å². The van der Waals surface area contributed by atoms with Crippen LogP contribution >= 0.6 is 0 Å². The van der Waals surface area contributed by atoms with Gasteiger partial charge in [-0.1, -0.05) is 32.3 Å². The van der Waals surface area contributed by atoms with E-state index in [9.17, 15) is 4.39 Å². The number of hydrogen-bond donors (Lipinski definition) is 0. The fourth-order valence-corrected chi connectivity index (χ4v) is 1.26. The van der Waals surface area contributed by atoms with Crippen LogP contribution in [-0.4, -0.2) is 6.67 Å². The van der Waals surface area contributed by atoms with Crippen LogP contribution in [0.5, 0.6) is 0 Å². The summed E-state index contributed by atoms with van der Waals surface area (Å²) in [4.78, 5) is 0. The van der Waals surface area contributed by atoms with E-state index in [4.69, 9.17) is 0 Å². The lowest BCUT2D eigenvalue weighted by Crippen LogP contribution is -1.99. The van der Waals surface area contributed by atoms with Crippen molar-refractivity contribution in [2.45, 2.75) is 39.0 Å². The Morgan fingerprint density at radius 3 is 2.64 bits per heavy atom. The van der Waals surface area contributed by atoms with Crippen LogP contribution in [0.2, 0.25) is 0 Å². The van der Waals surface area contributed by atoms with Crippen LogP contribution in [-0.2, 0) is 0 Å². The van der Waals surface area contributed by atoms with E-state index >= 15 is 0 Å². The minimum atomic E-state index is -0.178. The molecule has 0 saturated heterocycles. The van der Waals surface area contributed by atoms with E-state index in [1.54, 1.807) is 0 Å². The molecular weight excluding hydrogens is 139 g/mol. The van der Waals surface area contributed by atoms with E-state index in [2.05, 4.69) is 13.5 Å². The molecule has 0 heterocycles. The number of alkyl halides is 1. The third-order valence-electron chi connectivity index (χ3n) is 1.98. The first-order valence-electron chi connectivity index (χ1n) is 4.52. The van der Waals surface area contributed by atoms with Gasteiger partial charge in [-0.3, -0.25) is 4.39 Å². The molecular formula is C10H19F. The van der Waals surface area contributed by atoms with Crippen molar-refractivity contribution in [1.29, 1.82) is 0 Å². The third kappa shape index (κ3) is 6.08. The molecule has 66 valence electrons. The standard InChI is InChI=1S/C10H19F/c1-3-5-7-10(6-4-2)8-9-11/h4,10H,2-3,5-9H2,1H3. The summed E-state index contributed by atoms with van der Waals surface area (Å²) in [7, 11) is 0.